The van der Waals surface area contributed by atoms with E-state index in [0.717, 1.165) is 39.4 Å². The van der Waals surface area contributed by atoms with Crippen LogP contribution < -0.4 is 9.64 Å². The summed E-state index contributed by atoms with van der Waals surface area (Å²) < 4.78 is 8.33. The van der Waals surface area contributed by atoms with Crippen LogP contribution >= 0.6 is 0 Å². The lowest BCUT2D eigenvalue weighted by Gasteiger charge is -2.42. The number of aryl methyl sites for hydroxylation is 2. The van der Waals surface area contributed by atoms with Gasteiger partial charge in [-0.15, -0.1) is 0 Å². The van der Waals surface area contributed by atoms with Gasteiger partial charge in [0.25, 0.3) is 0 Å². The van der Waals surface area contributed by atoms with E-state index in [9.17, 15) is 0 Å². The topological polar surface area (TPSA) is 43.2 Å². The highest BCUT2D eigenvalue weighted by molar-refractivity contribution is 5.87. The summed E-state index contributed by atoms with van der Waals surface area (Å²) in [5.41, 5.74) is 11.1. The highest BCUT2D eigenvalue weighted by Gasteiger charge is 2.37. The van der Waals surface area contributed by atoms with Gasteiger partial charge in [0.15, 0.2) is 0 Å². The number of pyridine rings is 1. The zero-order valence-electron chi connectivity index (χ0n) is 24.2. The first-order valence-electron chi connectivity index (χ1n) is 14.3. The van der Waals surface area contributed by atoms with E-state index in [1.54, 1.807) is 6.20 Å². The van der Waals surface area contributed by atoms with Gasteiger partial charge in [0.05, 0.1) is 22.8 Å². The molecule has 0 aliphatic carbocycles. The molecule has 7 rings (SSSR count). The first-order chi connectivity index (χ1) is 20.4. The highest BCUT2D eigenvalue weighted by atomic mass is 16.5. The minimum Gasteiger partial charge on any atom is -0.406 e. The lowest BCUT2D eigenvalue weighted by molar-refractivity contribution is 0.418. The van der Waals surface area contributed by atoms with Crippen LogP contribution in [0, 0.1) is 13.8 Å². The number of para-hydroxylation sites is 3. The number of hydrogen-bond donors (Lipinski definition) is 0. The van der Waals surface area contributed by atoms with Gasteiger partial charge in [-0.3, -0.25) is 4.57 Å². The molecule has 0 spiro atoms. The second-order valence-corrected chi connectivity index (χ2v) is 11.3. The molecule has 1 aliphatic heterocycles. The molecule has 0 amide bonds. The maximum Gasteiger partial charge on any atom is 0.308 e. The lowest BCUT2D eigenvalue weighted by atomic mass is 9.73. The molecule has 5 heteroatoms. The maximum absolute atomic E-state index is 6.29. The number of hydrogen-bond acceptors (Lipinski definition) is 4. The molecule has 0 fully saturated rings. The fraction of sp³-hybridized carbons (Fsp3) is 0.135. The van der Waals surface area contributed by atoms with Crippen LogP contribution in [0.3, 0.4) is 0 Å². The fourth-order valence-electron chi connectivity index (χ4n) is 6.15. The third-order valence-electron chi connectivity index (χ3n) is 8.23. The molecule has 3 heterocycles. The summed E-state index contributed by atoms with van der Waals surface area (Å²) in [6.45, 7) is 8.84. The van der Waals surface area contributed by atoms with E-state index in [2.05, 4.69) is 135 Å². The third-order valence-corrected chi connectivity index (χ3v) is 8.23. The van der Waals surface area contributed by atoms with Gasteiger partial charge in [-0.25, -0.2) is 4.98 Å². The molecule has 0 unspecified atom stereocenters. The van der Waals surface area contributed by atoms with Crippen LogP contribution in [0.2, 0.25) is 0 Å². The number of benzene rings is 4. The van der Waals surface area contributed by atoms with Gasteiger partial charge in [0, 0.05) is 35.1 Å². The van der Waals surface area contributed by atoms with Gasteiger partial charge in [-0.1, -0.05) is 86.6 Å². The smallest absolute Gasteiger partial charge is 0.308 e. The number of ether oxygens (including phenoxy) is 1. The summed E-state index contributed by atoms with van der Waals surface area (Å²) in [4.78, 5) is 11.8. The number of rotatable bonds is 5. The second kappa shape index (κ2) is 10.0. The van der Waals surface area contributed by atoms with Crippen molar-refractivity contribution in [2.45, 2.75) is 33.1 Å². The minimum absolute atomic E-state index is 0.166. The van der Waals surface area contributed by atoms with Crippen molar-refractivity contribution in [2.75, 3.05) is 4.90 Å². The van der Waals surface area contributed by atoms with Crippen molar-refractivity contribution < 1.29 is 4.74 Å². The average Bonchev–Trinajstić information content (AvgIpc) is 3.41. The Balaban J connectivity index is 1.42. The SMILES string of the molecule is Cc1cccc(C)c1-n1cc(-c2ccc3c(c2)N(c2ccccc2)c2ccccc2C3(C)C)nc1Oc1ccccn1. The molecule has 0 saturated carbocycles. The van der Waals surface area contributed by atoms with Crippen molar-refractivity contribution in [1.82, 2.24) is 14.5 Å². The van der Waals surface area contributed by atoms with Gasteiger partial charge in [0.1, 0.15) is 0 Å². The second-order valence-electron chi connectivity index (χ2n) is 11.3. The Hall–Kier alpha value is -5.16. The predicted molar refractivity (Wildman–Crippen MR) is 170 cm³/mol. The van der Waals surface area contributed by atoms with E-state index in [1.165, 1.54) is 16.8 Å². The number of imidazole rings is 1. The third kappa shape index (κ3) is 4.25. The molecule has 4 aromatic carbocycles. The zero-order valence-corrected chi connectivity index (χ0v) is 24.2. The summed E-state index contributed by atoms with van der Waals surface area (Å²) in [5, 5.41) is 0. The molecule has 1 aliphatic rings. The molecule has 206 valence electrons. The Morgan fingerprint density at radius 3 is 2.17 bits per heavy atom. The van der Waals surface area contributed by atoms with Crippen molar-refractivity contribution in [3.63, 3.8) is 0 Å². The summed E-state index contributed by atoms with van der Waals surface area (Å²) in [7, 11) is 0. The average molecular weight is 549 g/mol. The highest BCUT2D eigenvalue weighted by Crippen LogP contribution is 2.52. The predicted octanol–water partition coefficient (Wildman–Crippen LogP) is 9.45. The van der Waals surface area contributed by atoms with Crippen molar-refractivity contribution in [3.05, 3.63) is 144 Å². The zero-order chi connectivity index (χ0) is 28.8. The lowest BCUT2D eigenvalue weighted by Crippen LogP contribution is -2.30. The molecule has 5 nitrogen and oxygen atoms in total. The number of aromatic nitrogens is 3. The Kier molecular flexibility index (Phi) is 6.16. The van der Waals surface area contributed by atoms with Gasteiger partial charge in [0.2, 0.25) is 5.88 Å². The summed E-state index contributed by atoms with van der Waals surface area (Å²) >= 11 is 0. The Labute approximate surface area is 246 Å². The monoisotopic (exact) mass is 548 g/mol. The number of anilines is 3. The van der Waals surface area contributed by atoms with Crippen molar-refractivity contribution in [2.24, 2.45) is 0 Å². The van der Waals surface area contributed by atoms with Crippen LogP contribution in [-0.4, -0.2) is 14.5 Å². The molecule has 0 atom stereocenters. The Bertz CT molecular complexity index is 1890. The number of nitrogens with zero attached hydrogens (tertiary/aromatic N) is 4. The molecule has 0 bridgehead atoms. The molecule has 42 heavy (non-hydrogen) atoms. The van der Waals surface area contributed by atoms with Crippen LogP contribution in [0.4, 0.5) is 17.1 Å². The van der Waals surface area contributed by atoms with Crippen LogP contribution in [0.5, 0.6) is 11.9 Å². The molecule has 0 N–H and O–H groups in total. The molecule has 0 saturated heterocycles. The standard InChI is InChI=1S/C37H32N4O/c1-25-13-12-14-26(2)35(25)40-24-31(39-36(40)42-34-19-10-11-22-38-34)27-20-21-30-33(23-27)41(28-15-6-5-7-16-28)32-18-9-8-17-29(32)37(30,3)4/h5-24H,1-4H3. The van der Waals surface area contributed by atoms with Gasteiger partial charge >= 0.3 is 6.01 Å². The van der Waals surface area contributed by atoms with E-state index < -0.39 is 0 Å². The summed E-state index contributed by atoms with van der Waals surface area (Å²) in [5.74, 6) is 0.501. The molecular formula is C37H32N4O. The molecule has 2 aromatic heterocycles. The van der Waals surface area contributed by atoms with E-state index in [0.29, 0.717) is 11.9 Å². The van der Waals surface area contributed by atoms with E-state index in [4.69, 9.17) is 9.72 Å². The first kappa shape index (κ1) is 25.8. The van der Waals surface area contributed by atoms with Crippen LogP contribution in [0.1, 0.15) is 36.1 Å². The van der Waals surface area contributed by atoms with E-state index in [-0.39, 0.29) is 5.41 Å². The summed E-state index contributed by atoms with van der Waals surface area (Å²) in [6.07, 6.45) is 3.80. The molecular weight excluding hydrogens is 516 g/mol. The number of fused-ring (bicyclic) bond motifs is 2. The van der Waals surface area contributed by atoms with Crippen LogP contribution in [-0.2, 0) is 5.41 Å². The Morgan fingerprint density at radius 1 is 0.690 bits per heavy atom. The van der Waals surface area contributed by atoms with Crippen LogP contribution in [0.15, 0.2) is 122 Å². The fourth-order valence-corrected chi connectivity index (χ4v) is 6.15. The van der Waals surface area contributed by atoms with E-state index in [1.807, 2.05) is 22.8 Å². The van der Waals surface area contributed by atoms with Crippen molar-refractivity contribution >= 4 is 17.1 Å². The Morgan fingerprint density at radius 2 is 1.40 bits per heavy atom. The summed E-state index contributed by atoms with van der Waals surface area (Å²) in [6, 6.07) is 38.4. The van der Waals surface area contributed by atoms with E-state index >= 15 is 0 Å². The van der Waals surface area contributed by atoms with Gasteiger partial charge < -0.3 is 9.64 Å². The van der Waals surface area contributed by atoms with Crippen molar-refractivity contribution in [3.8, 4) is 28.8 Å². The largest absolute Gasteiger partial charge is 0.406 e. The van der Waals surface area contributed by atoms with Gasteiger partial charge in [-0.05, 0) is 66.4 Å². The van der Waals surface area contributed by atoms with Crippen molar-refractivity contribution in [1.29, 1.82) is 0 Å². The molecule has 6 aromatic rings. The minimum atomic E-state index is -0.166. The van der Waals surface area contributed by atoms with Crippen LogP contribution in [0.25, 0.3) is 16.9 Å². The first-order valence-corrected chi connectivity index (χ1v) is 14.3. The maximum atomic E-state index is 6.29. The quantitative estimate of drug-likeness (QED) is 0.215. The molecule has 0 radical (unpaired) electrons. The van der Waals surface area contributed by atoms with Gasteiger partial charge in [-0.2, -0.15) is 4.98 Å². The normalized spacial score (nSPS) is 13.4.